The average molecular weight is 392 g/mol. The van der Waals surface area contributed by atoms with Crippen LogP contribution in [0.4, 0.5) is 5.69 Å². The summed E-state index contributed by atoms with van der Waals surface area (Å²) in [6.45, 7) is 3.38. The molecule has 1 N–H and O–H groups in total. The number of anilines is 1. The number of halogens is 2. The van der Waals surface area contributed by atoms with Gasteiger partial charge in [-0.25, -0.2) is 0 Å². The fraction of sp³-hybridized carbons (Fsp3) is 0.286. The highest BCUT2D eigenvalue weighted by Crippen LogP contribution is 2.28. The van der Waals surface area contributed by atoms with E-state index in [0.717, 1.165) is 27.4 Å². The summed E-state index contributed by atoms with van der Waals surface area (Å²) in [4.78, 5) is 0. The van der Waals surface area contributed by atoms with Crippen LogP contribution >= 0.6 is 34.2 Å². The zero-order valence-corrected chi connectivity index (χ0v) is 13.5. The van der Waals surface area contributed by atoms with Crippen molar-refractivity contribution in [3.8, 4) is 5.75 Å². The lowest BCUT2D eigenvalue weighted by Crippen LogP contribution is -1.99. The van der Waals surface area contributed by atoms with Crippen molar-refractivity contribution >= 4 is 39.9 Å². The van der Waals surface area contributed by atoms with E-state index in [0.29, 0.717) is 18.2 Å². The summed E-state index contributed by atoms with van der Waals surface area (Å²) in [6, 6.07) is 9.58. The molecular formula is C14H15ClINO2. The van der Waals surface area contributed by atoms with Crippen molar-refractivity contribution in [3.05, 3.63) is 44.9 Å². The van der Waals surface area contributed by atoms with Crippen LogP contribution < -0.4 is 10.1 Å². The molecule has 2 aromatic rings. The van der Waals surface area contributed by atoms with Crippen LogP contribution in [0.2, 0.25) is 5.02 Å². The van der Waals surface area contributed by atoms with Crippen molar-refractivity contribution in [2.75, 3.05) is 11.9 Å². The smallest absolute Gasteiger partial charge is 0.164 e. The Morgan fingerprint density at radius 3 is 2.79 bits per heavy atom. The van der Waals surface area contributed by atoms with Gasteiger partial charge < -0.3 is 14.5 Å². The summed E-state index contributed by atoms with van der Waals surface area (Å²) >= 11 is 8.31. The monoisotopic (exact) mass is 391 g/mol. The number of hydrogen-bond acceptors (Lipinski definition) is 3. The molecule has 1 aromatic carbocycles. The molecule has 102 valence electrons. The molecule has 0 radical (unpaired) electrons. The molecule has 0 bridgehead atoms. The molecular weight excluding hydrogens is 377 g/mol. The highest BCUT2D eigenvalue weighted by Gasteiger charge is 2.04. The number of furan rings is 1. The number of rotatable bonds is 6. The second kappa shape index (κ2) is 7.05. The standard InChI is InChI=1S/C14H15ClINO2/c1-2-7-18-13-5-3-10(8-12(13)15)17-9-11-4-6-14(16)19-11/h3-6,8,17H,2,7,9H2,1H3. The van der Waals surface area contributed by atoms with Crippen molar-refractivity contribution in [2.24, 2.45) is 0 Å². The summed E-state index contributed by atoms with van der Waals surface area (Å²) in [5, 5.41) is 3.88. The third kappa shape index (κ3) is 4.31. The number of hydrogen-bond donors (Lipinski definition) is 1. The second-order valence-corrected chi connectivity index (χ2v) is 5.52. The minimum absolute atomic E-state index is 0.618. The number of benzene rings is 1. The molecule has 0 saturated carbocycles. The molecule has 0 saturated heterocycles. The first-order valence-electron chi connectivity index (χ1n) is 6.09. The molecule has 0 aliphatic carbocycles. The highest BCUT2D eigenvalue weighted by atomic mass is 127. The lowest BCUT2D eigenvalue weighted by molar-refractivity contribution is 0.317. The Morgan fingerprint density at radius 1 is 1.32 bits per heavy atom. The molecule has 0 spiro atoms. The Labute approximate surface area is 131 Å². The van der Waals surface area contributed by atoms with E-state index >= 15 is 0 Å². The van der Waals surface area contributed by atoms with Crippen LogP contribution in [-0.4, -0.2) is 6.61 Å². The lowest BCUT2D eigenvalue weighted by atomic mass is 10.3. The van der Waals surface area contributed by atoms with E-state index in [4.69, 9.17) is 20.8 Å². The predicted molar refractivity (Wildman–Crippen MR) is 86.0 cm³/mol. The molecule has 3 nitrogen and oxygen atoms in total. The third-order valence-corrected chi connectivity index (χ3v) is 3.36. The van der Waals surface area contributed by atoms with Gasteiger partial charge in [0, 0.05) is 5.69 Å². The Bertz CT molecular complexity index is 542. The SMILES string of the molecule is CCCOc1ccc(NCc2ccc(I)o2)cc1Cl. The molecule has 1 heterocycles. The van der Waals surface area contributed by atoms with E-state index < -0.39 is 0 Å². The van der Waals surface area contributed by atoms with Crippen LogP contribution in [0.5, 0.6) is 5.75 Å². The molecule has 2 rings (SSSR count). The maximum atomic E-state index is 6.16. The van der Waals surface area contributed by atoms with Crippen molar-refractivity contribution in [2.45, 2.75) is 19.9 Å². The predicted octanol–water partition coefficient (Wildman–Crippen LogP) is 4.94. The second-order valence-electron chi connectivity index (χ2n) is 4.05. The zero-order chi connectivity index (χ0) is 13.7. The Balaban J connectivity index is 1.95. The molecule has 19 heavy (non-hydrogen) atoms. The van der Waals surface area contributed by atoms with E-state index in [1.165, 1.54) is 0 Å². The first-order chi connectivity index (χ1) is 9.19. The Hall–Kier alpha value is -0.880. The normalized spacial score (nSPS) is 10.5. The molecule has 0 aliphatic heterocycles. The quantitative estimate of drug-likeness (QED) is 0.708. The van der Waals surface area contributed by atoms with Crippen LogP contribution in [0.15, 0.2) is 34.7 Å². The summed E-state index contributed by atoms with van der Waals surface area (Å²) in [6.07, 6.45) is 0.966. The van der Waals surface area contributed by atoms with Crippen molar-refractivity contribution < 1.29 is 9.15 Å². The van der Waals surface area contributed by atoms with Gasteiger partial charge in [-0.2, -0.15) is 0 Å². The number of ether oxygens (including phenoxy) is 1. The number of nitrogens with one attached hydrogen (secondary N) is 1. The summed E-state index contributed by atoms with van der Waals surface area (Å²) < 4.78 is 11.9. The van der Waals surface area contributed by atoms with Gasteiger partial charge in [0.15, 0.2) is 3.77 Å². The molecule has 0 atom stereocenters. The fourth-order valence-corrected chi connectivity index (χ4v) is 2.27. The minimum atomic E-state index is 0.618. The van der Waals surface area contributed by atoms with Crippen molar-refractivity contribution in [3.63, 3.8) is 0 Å². The van der Waals surface area contributed by atoms with E-state index in [-0.39, 0.29) is 0 Å². The molecule has 0 amide bonds. The van der Waals surface area contributed by atoms with Crippen molar-refractivity contribution in [1.82, 2.24) is 0 Å². The van der Waals surface area contributed by atoms with E-state index in [2.05, 4.69) is 34.8 Å². The summed E-state index contributed by atoms with van der Waals surface area (Å²) in [7, 11) is 0. The zero-order valence-electron chi connectivity index (χ0n) is 10.6. The highest BCUT2D eigenvalue weighted by molar-refractivity contribution is 14.1. The third-order valence-electron chi connectivity index (χ3n) is 2.49. The molecule has 1 aromatic heterocycles. The summed E-state index contributed by atoms with van der Waals surface area (Å²) in [5.41, 5.74) is 0.945. The van der Waals surface area contributed by atoms with Gasteiger partial charge in [-0.3, -0.25) is 0 Å². The Morgan fingerprint density at radius 2 is 2.16 bits per heavy atom. The molecule has 5 heteroatoms. The first-order valence-corrected chi connectivity index (χ1v) is 7.55. The van der Waals surface area contributed by atoms with Crippen LogP contribution in [-0.2, 0) is 6.54 Å². The maximum Gasteiger partial charge on any atom is 0.164 e. The summed E-state index contributed by atoms with van der Waals surface area (Å²) in [5.74, 6) is 1.62. The Kier molecular flexibility index (Phi) is 5.39. The van der Waals surface area contributed by atoms with Gasteiger partial charge in [0.25, 0.3) is 0 Å². The van der Waals surface area contributed by atoms with Gasteiger partial charge in [-0.1, -0.05) is 18.5 Å². The lowest BCUT2D eigenvalue weighted by Gasteiger charge is -2.09. The van der Waals surface area contributed by atoms with Crippen LogP contribution in [0.1, 0.15) is 19.1 Å². The van der Waals surface area contributed by atoms with Gasteiger partial charge >= 0.3 is 0 Å². The van der Waals surface area contributed by atoms with Crippen molar-refractivity contribution in [1.29, 1.82) is 0 Å². The first kappa shape index (κ1) is 14.5. The van der Waals surface area contributed by atoms with Crippen LogP contribution in [0, 0.1) is 3.77 Å². The van der Waals surface area contributed by atoms with Gasteiger partial charge in [-0.05, 0) is 59.3 Å². The maximum absolute atomic E-state index is 6.16. The minimum Gasteiger partial charge on any atom is -0.492 e. The van der Waals surface area contributed by atoms with E-state index in [1.807, 2.05) is 30.3 Å². The van der Waals surface area contributed by atoms with Gasteiger partial charge in [0.2, 0.25) is 0 Å². The fourth-order valence-electron chi connectivity index (χ4n) is 1.58. The van der Waals surface area contributed by atoms with Crippen LogP contribution in [0.3, 0.4) is 0 Å². The van der Waals surface area contributed by atoms with Gasteiger partial charge in [0.05, 0.1) is 18.2 Å². The molecule has 0 aliphatic rings. The van der Waals surface area contributed by atoms with Gasteiger partial charge in [0.1, 0.15) is 11.5 Å². The topological polar surface area (TPSA) is 34.4 Å². The largest absolute Gasteiger partial charge is 0.492 e. The average Bonchev–Trinajstić information content (AvgIpc) is 2.81. The van der Waals surface area contributed by atoms with Gasteiger partial charge in [-0.15, -0.1) is 0 Å². The van der Waals surface area contributed by atoms with E-state index in [9.17, 15) is 0 Å². The van der Waals surface area contributed by atoms with Crippen LogP contribution in [0.25, 0.3) is 0 Å². The molecule has 0 unspecified atom stereocenters. The molecule has 0 fully saturated rings. The van der Waals surface area contributed by atoms with E-state index in [1.54, 1.807) is 0 Å².